The first-order chi connectivity index (χ1) is 6.27. The lowest BCUT2D eigenvalue weighted by Gasteiger charge is -2.10. The van der Waals surface area contributed by atoms with Gasteiger partial charge in [-0.3, -0.25) is 4.98 Å². The molecule has 1 saturated carbocycles. The Kier molecular flexibility index (Phi) is 2.27. The Hall–Kier alpha value is -0.960. The summed E-state index contributed by atoms with van der Waals surface area (Å²) in [6.45, 7) is 0. The Morgan fingerprint density at radius 3 is 3.00 bits per heavy atom. The molecule has 1 unspecified atom stereocenters. The molecule has 0 radical (unpaired) electrons. The molecule has 1 fully saturated rings. The van der Waals surface area contributed by atoms with E-state index in [1.54, 1.807) is 12.3 Å². The minimum atomic E-state index is -0.282. The van der Waals surface area contributed by atoms with Gasteiger partial charge < -0.3 is 5.73 Å². The van der Waals surface area contributed by atoms with Gasteiger partial charge in [0.1, 0.15) is 5.82 Å². The maximum Gasteiger partial charge on any atom is 0.146 e. The Labute approximate surface area is 77.0 Å². The second-order valence-electron chi connectivity index (χ2n) is 3.66. The fourth-order valence-electron chi connectivity index (χ4n) is 1.50. The van der Waals surface area contributed by atoms with Crippen molar-refractivity contribution in [3.8, 4) is 0 Å². The van der Waals surface area contributed by atoms with Gasteiger partial charge in [0.05, 0.1) is 11.7 Å². The van der Waals surface area contributed by atoms with Crippen molar-refractivity contribution >= 4 is 0 Å². The van der Waals surface area contributed by atoms with Crippen LogP contribution in [0.1, 0.15) is 31.0 Å². The number of nitrogens with zero attached hydrogens (tertiary/aromatic N) is 1. The Morgan fingerprint density at radius 1 is 1.62 bits per heavy atom. The molecule has 70 valence electrons. The van der Waals surface area contributed by atoms with Gasteiger partial charge in [0, 0.05) is 6.20 Å². The molecule has 1 aliphatic carbocycles. The van der Waals surface area contributed by atoms with Crippen LogP contribution in [0.4, 0.5) is 4.39 Å². The zero-order valence-corrected chi connectivity index (χ0v) is 7.41. The van der Waals surface area contributed by atoms with Crippen molar-refractivity contribution in [3.63, 3.8) is 0 Å². The van der Waals surface area contributed by atoms with Crippen LogP contribution in [-0.4, -0.2) is 4.98 Å². The molecule has 2 N–H and O–H groups in total. The molecule has 0 bridgehead atoms. The number of hydrogen-bond acceptors (Lipinski definition) is 2. The highest BCUT2D eigenvalue weighted by Crippen LogP contribution is 2.36. The summed E-state index contributed by atoms with van der Waals surface area (Å²) in [5.74, 6) is 0.423. The summed E-state index contributed by atoms with van der Waals surface area (Å²) in [4.78, 5) is 3.96. The van der Waals surface area contributed by atoms with E-state index in [0.717, 1.165) is 6.42 Å². The third-order valence-electron chi connectivity index (χ3n) is 2.42. The Balaban J connectivity index is 2.09. The average Bonchev–Trinajstić information content (AvgIpc) is 2.89. The number of aromatic nitrogens is 1. The van der Waals surface area contributed by atoms with Gasteiger partial charge in [-0.25, -0.2) is 4.39 Å². The van der Waals surface area contributed by atoms with E-state index in [1.165, 1.54) is 18.9 Å². The van der Waals surface area contributed by atoms with E-state index < -0.39 is 0 Å². The van der Waals surface area contributed by atoms with Crippen LogP contribution in [0.2, 0.25) is 0 Å². The fourth-order valence-corrected chi connectivity index (χ4v) is 1.50. The van der Waals surface area contributed by atoms with Crippen LogP contribution in [0.3, 0.4) is 0 Å². The predicted molar refractivity (Wildman–Crippen MR) is 48.5 cm³/mol. The molecule has 13 heavy (non-hydrogen) atoms. The molecular formula is C10H13FN2. The zero-order chi connectivity index (χ0) is 9.26. The van der Waals surface area contributed by atoms with Gasteiger partial charge in [-0.15, -0.1) is 0 Å². The third kappa shape index (κ3) is 2.04. The van der Waals surface area contributed by atoms with Gasteiger partial charge in [-0.2, -0.15) is 0 Å². The zero-order valence-electron chi connectivity index (χ0n) is 7.41. The monoisotopic (exact) mass is 180 g/mol. The molecule has 1 heterocycles. The highest BCUT2D eigenvalue weighted by Gasteiger charge is 2.26. The van der Waals surface area contributed by atoms with E-state index in [4.69, 9.17) is 5.73 Å². The summed E-state index contributed by atoms with van der Waals surface area (Å²) in [6.07, 6.45) is 4.93. The molecule has 1 aromatic heterocycles. The SMILES string of the molecule is NC(CC1CC1)c1ncccc1F. The number of halogens is 1. The van der Waals surface area contributed by atoms with Crippen molar-refractivity contribution in [2.24, 2.45) is 11.7 Å². The van der Waals surface area contributed by atoms with Crippen LogP contribution in [0.15, 0.2) is 18.3 Å². The summed E-state index contributed by atoms with van der Waals surface area (Å²) in [6, 6.07) is 2.77. The first kappa shape index (κ1) is 8.63. The molecule has 1 aromatic rings. The van der Waals surface area contributed by atoms with Crippen LogP contribution in [-0.2, 0) is 0 Å². The lowest BCUT2D eigenvalue weighted by Crippen LogP contribution is -2.14. The number of hydrogen-bond donors (Lipinski definition) is 1. The quantitative estimate of drug-likeness (QED) is 0.772. The second-order valence-corrected chi connectivity index (χ2v) is 3.66. The maximum absolute atomic E-state index is 13.2. The van der Waals surface area contributed by atoms with Crippen molar-refractivity contribution in [1.29, 1.82) is 0 Å². The molecule has 2 nitrogen and oxygen atoms in total. The van der Waals surface area contributed by atoms with E-state index in [2.05, 4.69) is 4.98 Å². The second kappa shape index (κ2) is 3.42. The molecule has 0 amide bonds. The molecule has 0 aromatic carbocycles. The molecule has 0 spiro atoms. The van der Waals surface area contributed by atoms with Crippen molar-refractivity contribution in [3.05, 3.63) is 29.8 Å². The van der Waals surface area contributed by atoms with E-state index in [-0.39, 0.29) is 11.9 Å². The van der Waals surface area contributed by atoms with Crippen LogP contribution in [0, 0.1) is 11.7 Å². The van der Waals surface area contributed by atoms with Gasteiger partial charge in [0.25, 0.3) is 0 Å². The minimum absolute atomic E-state index is 0.228. The van der Waals surface area contributed by atoms with E-state index in [9.17, 15) is 4.39 Å². The highest BCUT2D eigenvalue weighted by atomic mass is 19.1. The van der Waals surface area contributed by atoms with Crippen molar-refractivity contribution in [2.45, 2.75) is 25.3 Å². The van der Waals surface area contributed by atoms with Gasteiger partial charge in [-0.05, 0) is 24.5 Å². The van der Waals surface area contributed by atoms with Gasteiger partial charge in [0.15, 0.2) is 0 Å². The summed E-state index contributed by atoms with van der Waals surface area (Å²) < 4.78 is 13.2. The topological polar surface area (TPSA) is 38.9 Å². The molecule has 2 rings (SSSR count). The molecule has 1 aliphatic rings. The number of rotatable bonds is 3. The largest absolute Gasteiger partial charge is 0.323 e. The summed E-state index contributed by atoms with van der Waals surface area (Å²) in [5.41, 5.74) is 6.25. The Bertz CT molecular complexity index is 297. The summed E-state index contributed by atoms with van der Waals surface area (Å²) in [5, 5.41) is 0. The molecule has 1 atom stereocenters. The summed E-state index contributed by atoms with van der Waals surface area (Å²) >= 11 is 0. The van der Waals surface area contributed by atoms with Crippen LogP contribution in [0.5, 0.6) is 0 Å². The lowest BCUT2D eigenvalue weighted by atomic mass is 10.1. The van der Waals surface area contributed by atoms with E-state index in [1.807, 2.05) is 0 Å². The average molecular weight is 180 g/mol. The standard InChI is InChI=1S/C10H13FN2/c11-8-2-1-5-13-10(8)9(12)6-7-3-4-7/h1-2,5,7,9H,3-4,6,12H2. The highest BCUT2D eigenvalue weighted by molar-refractivity contribution is 5.11. The van der Waals surface area contributed by atoms with Gasteiger partial charge in [0.2, 0.25) is 0 Å². The van der Waals surface area contributed by atoms with Crippen molar-refractivity contribution in [1.82, 2.24) is 4.98 Å². The molecular weight excluding hydrogens is 167 g/mol. The fraction of sp³-hybridized carbons (Fsp3) is 0.500. The molecule has 0 saturated heterocycles. The minimum Gasteiger partial charge on any atom is -0.323 e. The first-order valence-corrected chi connectivity index (χ1v) is 4.63. The van der Waals surface area contributed by atoms with Crippen molar-refractivity contribution in [2.75, 3.05) is 0 Å². The van der Waals surface area contributed by atoms with E-state index in [0.29, 0.717) is 11.6 Å². The van der Waals surface area contributed by atoms with E-state index >= 15 is 0 Å². The normalized spacial score (nSPS) is 18.6. The molecule has 3 heteroatoms. The summed E-state index contributed by atoms with van der Waals surface area (Å²) in [7, 11) is 0. The smallest absolute Gasteiger partial charge is 0.146 e. The Morgan fingerprint density at radius 2 is 2.38 bits per heavy atom. The van der Waals surface area contributed by atoms with Crippen LogP contribution < -0.4 is 5.73 Å². The maximum atomic E-state index is 13.2. The van der Waals surface area contributed by atoms with Gasteiger partial charge >= 0.3 is 0 Å². The lowest BCUT2D eigenvalue weighted by molar-refractivity contribution is 0.527. The number of pyridine rings is 1. The third-order valence-corrected chi connectivity index (χ3v) is 2.42. The van der Waals surface area contributed by atoms with Crippen molar-refractivity contribution < 1.29 is 4.39 Å². The van der Waals surface area contributed by atoms with Crippen LogP contribution in [0.25, 0.3) is 0 Å². The first-order valence-electron chi connectivity index (χ1n) is 4.63. The molecule has 0 aliphatic heterocycles. The predicted octanol–water partition coefficient (Wildman–Crippen LogP) is 2.02. The number of nitrogens with two attached hydrogens (primary N) is 1. The van der Waals surface area contributed by atoms with Gasteiger partial charge in [-0.1, -0.05) is 12.8 Å². The van der Waals surface area contributed by atoms with Crippen LogP contribution >= 0.6 is 0 Å².